The van der Waals surface area contributed by atoms with Gasteiger partial charge in [0.1, 0.15) is 30.3 Å². The predicted molar refractivity (Wildman–Crippen MR) is 229 cm³/mol. The van der Waals surface area contributed by atoms with Crippen molar-refractivity contribution in [1.82, 2.24) is 40.3 Å². The molecule has 3 N–H and O–H groups in total. The van der Waals surface area contributed by atoms with E-state index in [0.29, 0.717) is 56.5 Å². The number of aromatic nitrogens is 4. The number of carbonyl (C=O) groups excluding carboxylic acids is 3. The third kappa shape index (κ3) is 11.2. The molecule has 19 heteroatoms. The Kier molecular flexibility index (Phi) is 14.2. The number of alkyl halides is 3. The van der Waals surface area contributed by atoms with Crippen molar-refractivity contribution >= 4 is 34.9 Å². The fourth-order valence-corrected chi connectivity index (χ4v) is 8.98. The number of β-amino-alcohol motifs (C(OH)–C–C–N with tert-alkyl or cyclic N) is 1. The van der Waals surface area contributed by atoms with E-state index in [-0.39, 0.29) is 44.5 Å². The van der Waals surface area contributed by atoms with E-state index in [9.17, 15) is 32.7 Å². The molecule has 3 amide bonds. The third-order valence-corrected chi connectivity index (χ3v) is 12.6. The van der Waals surface area contributed by atoms with Gasteiger partial charge < -0.3 is 35.0 Å². The Hall–Kier alpha value is -5.40. The lowest BCUT2D eigenvalue weighted by atomic mass is 9.85. The van der Waals surface area contributed by atoms with Gasteiger partial charge in [-0.3, -0.25) is 14.4 Å². The van der Waals surface area contributed by atoms with Crippen LogP contribution in [0.25, 0.3) is 10.4 Å². The summed E-state index contributed by atoms with van der Waals surface area (Å²) in [5.41, 5.74) is 5.15. The average Bonchev–Trinajstić information content (AvgIpc) is 4.01. The highest BCUT2D eigenvalue weighted by molar-refractivity contribution is 7.13. The van der Waals surface area contributed by atoms with Crippen LogP contribution in [0.2, 0.25) is 0 Å². The molecule has 0 bridgehead atoms. The third-order valence-electron chi connectivity index (χ3n) is 11.6. The van der Waals surface area contributed by atoms with Gasteiger partial charge >= 0.3 is 6.18 Å². The first-order valence-electron chi connectivity index (χ1n) is 21.2. The Labute approximate surface area is 368 Å². The molecule has 0 unspecified atom stereocenters. The molecule has 2 saturated heterocycles. The Balaban J connectivity index is 0.813. The van der Waals surface area contributed by atoms with Crippen molar-refractivity contribution in [2.45, 2.75) is 103 Å². The number of halogens is 3. The first-order chi connectivity index (χ1) is 30.0. The fourth-order valence-electron chi connectivity index (χ4n) is 8.17. The summed E-state index contributed by atoms with van der Waals surface area (Å²) in [5, 5.41) is 27.5. The number of aryl methyl sites for hydroxylation is 2. The molecule has 5 heterocycles. The molecule has 0 aliphatic carbocycles. The molecule has 338 valence electrons. The Morgan fingerprint density at radius 1 is 0.984 bits per heavy atom. The molecule has 7 rings (SSSR count). The maximum Gasteiger partial charge on any atom is 0.453 e. The molecular formula is C44H54F3N9O6S. The van der Waals surface area contributed by atoms with Crippen LogP contribution in [-0.2, 0) is 38.3 Å². The number of amidine groups is 1. The van der Waals surface area contributed by atoms with Gasteiger partial charge in [0, 0.05) is 51.9 Å². The van der Waals surface area contributed by atoms with Crippen LogP contribution in [0, 0.1) is 12.3 Å². The van der Waals surface area contributed by atoms with Crippen molar-refractivity contribution in [3.05, 3.63) is 82.5 Å². The molecule has 63 heavy (non-hydrogen) atoms. The summed E-state index contributed by atoms with van der Waals surface area (Å²) in [5.74, 6) is -0.574. The topological polar surface area (TPSA) is 176 Å². The van der Waals surface area contributed by atoms with Gasteiger partial charge in [-0.15, -0.1) is 21.5 Å². The van der Waals surface area contributed by atoms with Crippen molar-refractivity contribution in [1.29, 1.82) is 0 Å². The summed E-state index contributed by atoms with van der Waals surface area (Å²) >= 11 is 1.57. The van der Waals surface area contributed by atoms with Crippen LogP contribution < -0.4 is 15.4 Å². The number of piperidine rings is 1. The highest BCUT2D eigenvalue weighted by Crippen LogP contribution is 2.33. The number of amides is 3. The fraction of sp³-hybridized carbons (Fsp3) is 0.523. The molecule has 3 aliphatic rings. The summed E-state index contributed by atoms with van der Waals surface area (Å²) in [6.45, 7) is 9.35. The molecule has 2 fully saturated rings. The number of aliphatic hydroxyl groups excluding tert-OH is 1. The molecule has 3 aliphatic heterocycles. The highest BCUT2D eigenvalue weighted by atomic mass is 32.1. The first kappa shape index (κ1) is 45.6. The summed E-state index contributed by atoms with van der Waals surface area (Å²) in [6.07, 6.45) is -2.36. The minimum absolute atomic E-state index is 0.0235. The van der Waals surface area contributed by atoms with E-state index in [1.165, 1.54) is 4.90 Å². The zero-order chi connectivity index (χ0) is 44.9. The number of hydrogen-bond acceptors (Lipinski definition) is 12. The zero-order valence-electron chi connectivity index (χ0n) is 35.9. The monoisotopic (exact) mass is 893 g/mol. The number of rotatable bonds is 14. The van der Waals surface area contributed by atoms with Crippen LogP contribution in [-0.4, -0.2) is 116 Å². The van der Waals surface area contributed by atoms with Crippen molar-refractivity contribution in [3.8, 4) is 16.2 Å². The van der Waals surface area contributed by atoms with Gasteiger partial charge in [0.25, 0.3) is 5.82 Å². The molecule has 3 atom stereocenters. The second-order valence-electron chi connectivity index (χ2n) is 17.3. The van der Waals surface area contributed by atoms with E-state index in [1.54, 1.807) is 16.8 Å². The van der Waals surface area contributed by atoms with Crippen molar-refractivity contribution in [2.75, 3.05) is 39.5 Å². The molecule has 2 aromatic carbocycles. The van der Waals surface area contributed by atoms with Gasteiger partial charge in [-0.25, -0.2) is 4.98 Å². The van der Waals surface area contributed by atoms with Crippen LogP contribution in [0.3, 0.4) is 0 Å². The minimum Gasteiger partial charge on any atom is -0.494 e. The van der Waals surface area contributed by atoms with Gasteiger partial charge in [0.15, 0.2) is 5.82 Å². The van der Waals surface area contributed by atoms with Crippen LogP contribution in [0.1, 0.15) is 87.3 Å². The molecule has 2 aromatic heterocycles. The number of nitrogens with one attached hydrogen (secondary N) is 2. The lowest BCUT2D eigenvalue weighted by molar-refractivity contribution is -0.147. The van der Waals surface area contributed by atoms with Crippen LogP contribution in [0.4, 0.5) is 13.2 Å². The van der Waals surface area contributed by atoms with E-state index in [4.69, 9.17) is 9.47 Å². The van der Waals surface area contributed by atoms with Crippen molar-refractivity contribution < 1.29 is 42.1 Å². The number of aliphatic hydroxyl groups is 1. The Morgan fingerprint density at radius 2 is 1.71 bits per heavy atom. The van der Waals surface area contributed by atoms with Crippen molar-refractivity contribution in [2.24, 2.45) is 10.5 Å². The standard InChI is InChI=1S/C44H54F3N9O6S/c1-27-38(63-26-49-27)31-8-6-28(7-9-31)23-48-40(59)34-22-32(57)24-55(34)41(60)39(43(2,3)4)50-37(58)25-61-20-5-21-62-33-12-10-29(11-13-33)30-16-18-54(19-17-30)36-15-14-35-51-52-42(44(45,46)47)56(35)53-36/h6-13,26,30,32,34,39,57H,5,14-25H2,1-4H3,(H,48,59)(H,50,58)/t32-,34-,39+/m0/s1. The normalized spacial score (nSPS) is 18.8. The second-order valence-corrected chi connectivity index (χ2v) is 18.1. The Bertz CT molecular complexity index is 2250. The molecule has 0 spiro atoms. The van der Waals surface area contributed by atoms with E-state index in [2.05, 4.69) is 35.8 Å². The number of thiazole rings is 1. The second kappa shape index (κ2) is 19.6. The smallest absolute Gasteiger partial charge is 0.453 e. The van der Waals surface area contributed by atoms with Crippen LogP contribution in [0.15, 0.2) is 59.1 Å². The average molecular weight is 894 g/mol. The molecule has 0 saturated carbocycles. The van der Waals surface area contributed by atoms with Gasteiger partial charge in [-0.05, 0) is 59.9 Å². The lowest BCUT2D eigenvalue weighted by Crippen LogP contribution is -2.58. The number of benzene rings is 2. The SMILES string of the molecule is Cc1ncsc1-c1ccc(CNC(=O)[C@@H]2C[C@H](O)CN2C(=O)[C@@H](NC(=O)COCCCOc2ccc(C3CCN(C4=Nn5c(nnc5C(F)(F)F)CC4)CC3)cc2)C(C)(C)C)cc1. The maximum absolute atomic E-state index is 14.0. The van der Waals surface area contributed by atoms with Crippen LogP contribution >= 0.6 is 11.3 Å². The van der Waals surface area contributed by atoms with E-state index < -0.39 is 47.4 Å². The summed E-state index contributed by atoms with van der Waals surface area (Å²) in [7, 11) is 0. The maximum atomic E-state index is 14.0. The molecule has 0 radical (unpaired) electrons. The number of fused-ring (bicyclic) bond motifs is 1. The summed E-state index contributed by atoms with van der Waals surface area (Å²) in [4.78, 5) is 49.2. The minimum atomic E-state index is -4.62. The molecule has 4 aromatic rings. The van der Waals surface area contributed by atoms with Gasteiger partial charge in [0.05, 0.1) is 35.4 Å². The summed E-state index contributed by atoms with van der Waals surface area (Å²) in [6, 6.07) is 13.9. The number of hydrogen-bond donors (Lipinski definition) is 3. The Morgan fingerprint density at radius 3 is 2.38 bits per heavy atom. The highest BCUT2D eigenvalue weighted by Gasteiger charge is 2.45. The molecule has 15 nitrogen and oxygen atoms in total. The van der Waals surface area contributed by atoms with E-state index >= 15 is 0 Å². The van der Waals surface area contributed by atoms with E-state index in [1.807, 2.05) is 76.2 Å². The number of carbonyl (C=O) groups is 3. The van der Waals surface area contributed by atoms with E-state index in [0.717, 1.165) is 44.8 Å². The molecular weight excluding hydrogens is 840 g/mol. The summed E-state index contributed by atoms with van der Waals surface area (Å²) < 4.78 is 52.5. The number of likely N-dealkylation sites (tertiary alicyclic amines) is 2. The van der Waals surface area contributed by atoms with Gasteiger partial charge in [-0.2, -0.15) is 22.9 Å². The predicted octanol–water partition coefficient (Wildman–Crippen LogP) is 5.31. The number of ether oxygens (including phenoxy) is 2. The first-order valence-corrected chi connectivity index (χ1v) is 22.1. The van der Waals surface area contributed by atoms with Crippen molar-refractivity contribution in [3.63, 3.8) is 0 Å². The van der Waals surface area contributed by atoms with Gasteiger partial charge in [-0.1, -0.05) is 57.2 Å². The number of nitrogens with zero attached hydrogens (tertiary/aromatic N) is 7. The van der Waals surface area contributed by atoms with Crippen LogP contribution in [0.5, 0.6) is 5.75 Å². The largest absolute Gasteiger partial charge is 0.494 e. The van der Waals surface area contributed by atoms with Gasteiger partial charge in [0.2, 0.25) is 17.7 Å². The zero-order valence-corrected chi connectivity index (χ0v) is 36.7. The quantitative estimate of drug-likeness (QED) is 0.141. The lowest BCUT2D eigenvalue weighted by Gasteiger charge is -2.35.